The van der Waals surface area contributed by atoms with Crippen LogP contribution in [0.2, 0.25) is 0 Å². The van der Waals surface area contributed by atoms with Crippen LogP contribution in [0.5, 0.6) is 0 Å². The molecule has 0 bridgehead atoms. The fourth-order valence-electron chi connectivity index (χ4n) is 1.03. The van der Waals surface area contributed by atoms with Gasteiger partial charge in [0.2, 0.25) is 5.82 Å². The first-order valence-electron chi connectivity index (χ1n) is 4.07. The predicted octanol–water partition coefficient (Wildman–Crippen LogP) is 2.29. The molecule has 0 saturated heterocycles. The Hall–Kier alpha value is -1.19. The molecule has 2 aromatic heterocycles. The van der Waals surface area contributed by atoms with Gasteiger partial charge in [-0.1, -0.05) is 0 Å². The molecule has 8 heteroatoms. The standard InChI is InChI=1S/C8H4F3IN4/c9-8(10,11)7-13-3-5(4-14-7)16-2-1-6(12)15-16/h1-4H. The molecule has 2 rings (SSSR count). The van der Waals surface area contributed by atoms with Gasteiger partial charge in [0, 0.05) is 6.20 Å². The molecule has 0 aromatic carbocycles. The fourth-order valence-corrected chi connectivity index (χ4v) is 1.42. The Labute approximate surface area is 102 Å². The maximum atomic E-state index is 12.2. The van der Waals surface area contributed by atoms with Crippen molar-refractivity contribution in [3.63, 3.8) is 0 Å². The summed E-state index contributed by atoms with van der Waals surface area (Å²) in [7, 11) is 0. The van der Waals surface area contributed by atoms with E-state index >= 15 is 0 Å². The zero-order chi connectivity index (χ0) is 11.8. The van der Waals surface area contributed by atoms with Gasteiger partial charge < -0.3 is 0 Å². The third-order valence-corrected chi connectivity index (χ3v) is 2.29. The van der Waals surface area contributed by atoms with Gasteiger partial charge in [0.05, 0.1) is 12.4 Å². The number of aromatic nitrogens is 4. The lowest BCUT2D eigenvalue weighted by Crippen LogP contribution is -2.11. The molecule has 0 aliphatic heterocycles. The van der Waals surface area contributed by atoms with Gasteiger partial charge >= 0.3 is 6.18 Å². The summed E-state index contributed by atoms with van der Waals surface area (Å²) in [5.41, 5.74) is 0.385. The van der Waals surface area contributed by atoms with E-state index in [9.17, 15) is 13.2 Å². The summed E-state index contributed by atoms with van der Waals surface area (Å²) in [6.07, 6.45) is -0.734. The second-order valence-corrected chi connectivity index (χ2v) is 3.95. The Balaban J connectivity index is 2.33. The smallest absolute Gasteiger partial charge is 0.237 e. The van der Waals surface area contributed by atoms with Crippen molar-refractivity contribution in [2.75, 3.05) is 0 Å². The fraction of sp³-hybridized carbons (Fsp3) is 0.125. The van der Waals surface area contributed by atoms with Crippen molar-refractivity contribution in [2.24, 2.45) is 0 Å². The average Bonchev–Trinajstić information content (AvgIpc) is 2.64. The molecule has 2 aromatic rings. The van der Waals surface area contributed by atoms with E-state index < -0.39 is 12.0 Å². The van der Waals surface area contributed by atoms with E-state index in [1.54, 1.807) is 12.3 Å². The number of nitrogens with zero attached hydrogens (tertiary/aromatic N) is 4. The highest BCUT2D eigenvalue weighted by Gasteiger charge is 2.34. The quantitative estimate of drug-likeness (QED) is 0.749. The molecule has 0 atom stereocenters. The third-order valence-electron chi connectivity index (χ3n) is 1.71. The number of alkyl halides is 3. The molecule has 0 spiro atoms. The van der Waals surface area contributed by atoms with Crippen LogP contribution in [-0.2, 0) is 6.18 Å². The summed E-state index contributed by atoms with van der Waals surface area (Å²) in [5.74, 6) is -1.15. The van der Waals surface area contributed by atoms with Crippen molar-refractivity contribution in [3.8, 4) is 5.69 Å². The Kier molecular flexibility index (Phi) is 2.82. The van der Waals surface area contributed by atoms with Crippen LogP contribution in [0.25, 0.3) is 5.69 Å². The first kappa shape index (κ1) is 11.3. The highest BCUT2D eigenvalue weighted by molar-refractivity contribution is 14.1. The van der Waals surface area contributed by atoms with Gasteiger partial charge in [-0.2, -0.15) is 18.3 Å². The van der Waals surface area contributed by atoms with E-state index in [-0.39, 0.29) is 0 Å². The van der Waals surface area contributed by atoms with E-state index in [0.717, 1.165) is 16.1 Å². The molecule has 84 valence electrons. The minimum Gasteiger partial charge on any atom is -0.237 e. The Morgan fingerprint density at radius 2 is 1.81 bits per heavy atom. The molecule has 2 heterocycles. The predicted molar refractivity (Wildman–Crippen MR) is 56.9 cm³/mol. The van der Waals surface area contributed by atoms with Crippen molar-refractivity contribution in [1.82, 2.24) is 19.7 Å². The van der Waals surface area contributed by atoms with E-state index in [2.05, 4.69) is 15.1 Å². The van der Waals surface area contributed by atoms with Crippen LogP contribution in [0.3, 0.4) is 0 Å². The maximum Gasteiger partial charge on any atom is 0.451 e. The van der Waals surface area contributed by atoms with E-state index in [0.29, 0.717) is 5.69 Å². The molecule has 16 heavy (non-hydrogen) atoms. The second kappa shape index (κ2) is 4.00. The summed E-state index contributed by atoms with van der Waals surface area (Å²) in [6.45, 7) is 0. The van der Waals surface area contributed by atoms with Crippen molar-refractivity contribution in [3.05, 3.63) is 34.2 Å². The van der Waals surface area contributed by atoms with Gasteiger partial charge in [0.1, 0.15) is 9.39 Å². The largest absolute Gasteiger partial charge is 0.451 e. The number of halogens is 4. The van der Waals surface area contributed by atoms with Crippen molar-refractivity contribution >= 4 is 22.6 Å². The molecule has 0 aliphatic carbocycles. The molecule has 0 aliphatic rings. The van der Waals surface area contributed by atoms with Gasteiger partial charge in [-0.05, 0) is 28.7 Å². The monoisotopic (exact) mass is 340 g/mol. The van der Waals surface area contributed by atoms with E-state index in [4.69, 9.17) is 0 Å². The number of hydrogen-bond donors (Lipinski definition) is 0. The van der Waals surface area contributed by atoms with Crippen LogP contribution in [0.15, 0.2) is 24.7 Å². The molecule has 0 N–H and O–H groups in total. The lowest BCUT2D eigenvalue weighted by Gasteiger charge is -2.05. The molecule has 0 unspecified atom stereocenters. The summed E-state index contributed by atoms with van der Waals surface area (Å²) in [5, 5.41) is 4.01. The van der Waals surface area contributed by atoms with Gasteiger partial charge in [-0.3, -0.25) is 0 Å². The summed E-state index contributed by atoms with van der Waals surface area (Å²) < 4.78 is 38.7. The van der Waals surface area contributed by atoms with Gasteiger partial charge in [0.15, 0.2) is 0 Å². The molecule has 0 saturated carbocycles. The Morgan fingerprint density at radius 3 is 2.25 bits per heavy atom. The van der Waals surface area contributed by atoms with Crippen molar-refractivity contribution in [1.29, 1.82) is 0 Å². The van der Waals surface area contributed by atoms with Crippen LogP contribution in [0.1, 0.15) is 5.82 Å². The molecule has 0 radical (unpaired) electrons. The van der Waals surface area contributed by atoms with E-state index in [1.807, 2.05) is 22.6 Å². The summed E-state index contributed by atoms with van der Waals surface area (Å²) >= 11 is 1.99. The minimum atomic E-state index is -4.52. The molecule has 0 fully saturated rings. The summed E-state index contributed by atoms with van der Waals surface area (Å²) in [6, 6.07) is 1.72. The van der Waals surface area contributed by atoms with Crippen molar-refractivity contribution < 1.29 is 13.2 Å². The van der Waals surface area contributed by atoms with Gasteiger partial charge in [0.25, 0.3) is 0 Å². The average molecular weight is 340 g/mol. The SMILES string of the molecule is FC(F)(F)c1ncc(-n2ccc(I)n2)cn1. The molecule has 4 nitrogen and oxygen atoms in total. The Morgan fingerprint density at radius 1 is 1.19 bits per heavy atom. The normalized spacial score (nSPS) is 11.8. The zero-order valence-electron chi connectivity index (χ0n) is 7.61. The maximum absolute atomic E-state index is 12.2. The third kappa shape index (κ3) is 2.31. The highest BCUT2D eigenvalue weighted by atomic mass is 127. The lowest BCUT2D eigenvalue weighted by atomic mass is 10.5. The minimum absolute atomic E-state index is 0.385. The number of hydrogen-bond acceptors (Lipinski definition) is 3. The van der Waals surface area contributed by atoms with Gasteiger partial charge in [-0.25, -0.2) is 14.6 Å². The number of rotatable bonds is 1. The molecule has 0 amide bonds. The highest BCUT2D eigenvalue weighted by Crippen LogP contribution is 2.25. The lowest BCUT2D eigenvalue weighted by molar-refractivity contribution is -0.145. The van der Waals surface area contributed by atoms with Crippen LogP contribution >= 0.6 is 22.6 Å². The van der Waals surface area contributed by atoms with Crippen LogP contribution in [0.4, 0.5) is 13.2 Å². The van der Waals surface area contributed by atoms with Crippen LogP contribution in [0, 0.1) is 3.70 Å². The van der Waals surface area contributed by atoms with E-state index in [1.165, 1.54) is 4.68 Å². The van der Waals surface area contributed by atoms with Crippen LogP contribution in [-0.4, -0.2) is 19.7 Å². The first-order valence-corrected chi connectivity index (χ1v) is 5.15. The molecular weight excluding hydrogens is 336 g/mol. The van der Waals surface area contributed by atoms with Gasteiger partial charge in [-0.15, -0.1) is 0 Å². The Bertz CT molecular complexity index is 491. The summed E-state index contributed by atoms with van der Waals surface area (Å²) in [4.78, 5) is 6.47. The second-order valence-electron chi connectivity index (χ2n) is 2.85. The zero-order valence-corrected chi connectivity index (χ0v) is 9.77. The first-order chi connectivity index (χ1) is 7.47. The topological polar surface area (TPSA) is 43.6 Å². The van der Waals surface area contributed by atoms with Crippen LogP contribution < -0.4 is 0 Å². The van der Waals surface area contributed by atoms with Crippen molar-refractivity contribution in [2.45, 2.75) is 6.18 Å². The molecular formula is C8H4F3IN4.